The van der Waals surface area contributed by atoms with Crippen molar-refractivity contribution in [2.24, 2.45) is 0 Å². The third-order valence-electron chi connectivity index (χ3n) is 4.99. The second kappa shape index (κ2) is 17.4. The third kappa shape index (κ3) is 8.60. The van der Waals surface area contributed by atoms with Gasteiger partial charge in [-0.2, -0.15) is 72.8 Å². The molecular formula is C30H25Cl2SiZr-3. The van der Waals surface area contributed by atoms with Gasteiger partial charge in [0.05, 0.1) is 0 Å². The smallest absolute Gasteiger partial charge is 0.171 e. The minimum Gasteiger partial charge on any atom is -0.184 e. The summed E-state index contributed by atoms with van der Waals surface area (Å²) in [6.07, 6.45) is 7.65. The van der Waals surface area contributed by atoms with Gasteiger partial charge in [0.2, 0.25) is 0 Å². The average Bonchev–Trinajstić information content (AvgIpc) is 3.56. The van der Waals surface area contributed by atoms with E-state index in [1.807, 2.05) is 60.7 Å². The van der Waals surface area contributed by atoms with Crippen molar-refractivity contribution < 1.29 is 23.3 Å². The van der Waals surface area contributed by atoms with E-state index in [0.717, 1.165) is 6.42 Å². The molecule has 5 aromatic rings. The third-order valence-corrected chi connectivity index (χ3v) is 4.99. The molecule has 0 saturated carbocycles. The fourth-order valence-electron chi connectivity index (χ4n) is 3.59. The van der Waals surface area contributed by atoms with Crippen molar-refractivity contribution in [3.8, 4) is 0 Å². The van der Waals surface area contributed by atoms with Crippen LogP contribution in [0.2, 0.25) is 0 Å². The van der Waals surface area contributed by atoms with Gasteiger partial charge in [-0.15, -0.1) is 58.5 Å². The maximum Gasteiger partial charge on any atom is -0.171 e. The van der Waals surface area contributed by atoms with Crippen LogP contribution in [0, 0.1) is 12.1 Å². The Hall–Kier alpha value is -2.09. The van der Waals surface area contributed by atoms with Gasteiger partial charge >= 0.3 is 30.2 Å². The summed E-state index contributed by atoms with van der Waals surface area (Å²) in [5.74, 6) is 0. The number of hydrogen-bond donors (Lipinski definition) is 0. The predicted octanol–water partition coefficient (Wildman–Crippen LogP) is 8.49. The molecule has 0 bridgehead atoms. The molecule has 6 rings (SSSR count). The van der Waals surface area contributed by atoms with Crippen LogP contribution in [0.25, 0.3) is 27.1 Å². The molecule has 0 N–H and O–H groups in total. The maximum atomic E-state index is 3.06. The molecule has 0 nitrogen and oxygen atoms in total. The molecule has 0 fully saturated rings. The summed E-state index contributed by atoms with van der Waals surface area (Å²) in [5.41, 5.74) is 2.81. The minimum atomic E-state index is 0. The molecule has 0 amide bonds. The molecule has 4 heteroatoms. The molecule has 0 unspecified atom stereocenters. The van der Waals surface area contributed by atoms with Crippen LogP contribution in [0.4, 0.5) is 0 Å². The average molecular weight is 576 g/mol. The van der Waals surface area contributed by atoms with E-state index in [-0.39, 0.29) is 24.8 Å². The first-order valence-corrected chi connectivity index (χ1v) is 14.6. The Kier molecular flexibility index (Phi) is 15.3. The van der Waals surface area contributed by atoms with Gasteiger partial charge < -0.3 is 0 Å². The number of halogens is 2. The van der Waals surface area contributed by atoms with Crippen LogP contribution in [-0.2, 0) is 23.3 Å². The fourth-order valence-corrected chi connectivity index (χ4v) is 3.59. The molecule has 0 atom stereocenters. The Bertz CT molecular complexity index is 1190. The van der Waals surface area contributed by atoms with Crippen molar-refractivity contribution in [2.75, 3.05) is 0 Å². The van der Waals surface area contributed by atoms with Crippen LogP contribution in [0.5, 0.6) is 0 Å². The van der Waals surface area contributed by atoms with Gasteiger partial charge in [-0.1, -0.05) is 65.8 Å². The van der Waals surface area contributed by atoms with Crippen LogP contribution in [0.3, 0.4) is 0 Å². The van der Waals surface area contributed by atoms with E-state index in [2.05, 4.69) is 85.8 Å². The quantitative estimate of drug-likeness (QED) is 0.139. The van der Waals surface area contributed by atoms with Gasteiger partial charge in [0.25, 0.3) is 0 Å². The van der Waals surface area contributed by atoms with E-state index in [9.17, 15) is 0 Å². The molecule has 34 heavy (non-hydrogen) atoms. The topological polar surface area (TPSA) is 0 Å². The van der Waals surface area contributed by atoms with Crippen LogP contribution in [0.1, 0.15) is 12.0 Å². The van der Waals surface area contributed by atoms with Crippen LogP contribution in [0.15, 0.2) is 127 Å². The number of hydrogen-bond acceptors (Lipinski definition) is 0. The van der Waals surface area contributed by atoms with E-state index in [4.69, 9.17) is 0 Å². The molecule has 0 aliphatic heterocycles. The second-order valence-electron chi connectivity index (χ2n) is 6.98. The summed E-state index contributed by atoms with van der Waals surface area (Å²) in [7, 11) is 0. The molecule has 0 saturated heterocycles. The fraction of sp³-hybridized carbons (Fsp3) is 0.0333. The Morgan fingerprint density at radius 2 is 1.26 bits per heavy atom. The molecule has 0 heterocycles. The molecule has 1 aliphatic rings. The second-order valence-corrected chi connectivity index (χ2v) is 6.98. The summed E-state index contributed by atoms with van der Waals surface area (Å²) in [5, 5.41) is 5.46. The maximum absolute atomic E-state index is 3.06. The first kappa shape index (κ1) is 29.9. The number of fused-ring (bicyclic) bond motifs is 3. The monoisotopic (exact) mass is 573 g/mol. The molecule has 1 aliphatic carbocycles. The summed E-state index contributed by atoms with van der Waals surface area (Å²) in [4.78, 5) is 0. The zero-order chi connectivity index (χ0) is 22.4. The van der Waals surface area contributed by atoms with Crippen molar-refractivity contribution in [3.05, 3.63) is 145 Å². The molecule has 2 radical (unpaired) electrons. The van der Waals surface area contributed by atoms with Gasteiger partial charge in [-0.05, 0) is 6.42 Å². The normalized spacial score (nSPS) is 10.6. The van der Waals surface area contributed by atoms with Crippen LogP contribution in [-0.4, -0.2) is 6.88 Å². The Balaban J connectivity index is 0.000000301. The van der Waals surface area contributed by atoms with Gasteiger partial charge in [0.1, 0.15) is 0 Å². The van der Waals surface area contributed by atoms with Crippen molar-refractivity contribution in [3.63, 3.8) is 0 Å². The summed E-state index contributed by atoms with van der Waals surface area (Å²) >= 11 is 1.36. The SMILES string of the molecule is C1=CCC(c2cccc3c2[cH-]c2ccccc23)=C1.Cl.Cl.[Si]=[Zr].[c-]1ccccc1.[c-]1ccccc1. The van der Waals surface area contributed by atoms with E-state index in [1.165, 1.54) is 56.0 Å². The summed E-state index contributed by atoms with van der Waals surface area (Å²) < 4.78 is 0. The Labute approximate surface area is 232 Å². The van der Waals surface area contributed by atoms with E-state index < -0.39 is 0 Å². The van der Waals surface area contributed by atoms with Gasteiger partial charge in [-0.3, -0.25) is 0 Å². The number of allylic oxidation sites excluding steroid dienone is 4. The largest absolute Gasteiger partial charge is 0.184 e. The molecule has 5 aromatic carbocycles. The summed E-state index contributed by atoms with van der Waals surface area (Å²) in [6.45, 7) is 3.06. The van der Waals surface area contributed by atoms with E-state index in [1.54, 1.807) is 0 Å². The van der Waals surface area contributed by atoms with E-state index in [0.29, 0.717) is 0 Å². The number of benzene rings is 4. The van der Waals surface area contributed by atoms with Gasteiger partial charge in [0, 0.05) is 0 Å². The molecule has 0 spiro atoms. The zero-order valence-electron chi connectivity index (χ0n) is 18.6. The first-order chi connectivity index (χ1) is 15.9. The van der Waals surface area contributed by atoms with Crippen molar-refractivity contribution in [2.45, 2.75) is 6.42 Å². The van der Waals surface area contributed by atoms with Crippen molar-refractivity contribution >= 4 is 58.8 Å². The standard InChI is InChI=1S/C18H13.2C6H5.2ClH.Si.Zr/c1-2-7-13(6-1)15-10-5-11-17-16-9-4-3-8-14(16)12-18(15)17;2*1-2-4-6-5-3-1;;;;/h1-6,8-12H,7H2;2*1-5H;2*1H;;/q3*-1;;;;. The summed E-state index contributed by atoms with van der Waals surface area (Å²) in [6, 6.07) is 42.6. The number of rotatable bonds is 1. The Morgan fingerprint density at radius 3 is 1.76 bits per heavy atom. The molecule has 170 valence electrons. The van der Waals surface area contributed by atoms with Crippen LogP contribution >= 0.6 is 24.8 Å². The predicted molar refractivity (Wildman–Crippen MR) is 150 cm³/mol. The van der Waals surface area contributed by atoms with E-state index >= 15 is 0 Å². The van der Waals surface area contributed by atoms with Crippen molar-refractivity contribution in [1.82, 2.24) is 0 Å². The van der Waals surface area contributed by atoms with Gasteiger partial charge in [-0.25, -0.2) is 0 Å². The van der Waals surface area contributed by atoms with Gasteiger partial charge in [0.15, 0.2) is 0 Å². The first-order valence-electron chi connectivity index (χ1n) is 10.4. The zero-order valence-corrected chi connectivity index (χ0v) is 23.7. The van der Waals surface area contributed by atoms with Crippen molar-refractivity contribution in [1.29, 1.82) is 0 Å². The Morgan fingerprint density at radius 1 is 0.676 bits per heavy atom. The molecular weight excluding hydrogens is 551 g/mol. The van der Waals surface area contributed by atoms with Crippen LogP contribution < -0.4 is 0 Å². The molecule has 0 aromatic heterocycles. The minimum absolute atomic E-state index is 0.